The number of ether oxygens (including phenoxy) is 1. The summed E-state index contributed by atoms with van der Waals surface area (Å²) in [7, 11) is 0. The van der Waals surface area contributed by atoms with Gasteiger partial charge in [-0.25, -0.2) is 0 Å². The van der Waals surface area contributed by atoms with E-state index >= 15 is 0 Å². The molecule has 3 fully saturated rings. The van der Waals surface area contributed by atoms with Crippen LogP contribution in [0, 0.1) is 5.92 Å². The smallest absolute Gasteiger partial charge is 0.0743 e. The standard InChI is InChI=1S/C14H27N3O/c15-10-13(14-2-1-9-18-14)17-7-5-16(6-8-17)11-12-3-4-12/h12-14H,1-11,15H2. The molecule has 2 atom stereocenters. The lowest BCUT2D eigenvalue weighted by Gasteiger charge is -2.40. The quantitative estimate of drug-likeness (QED) is 0.776. The molecule has 3 rings (SSSR count). The highest BCUT2D eigenvalue weighted by Gasteiger charge is 2.33. The van der Waals surface area contributed by atoms with E-state index in [1.807, 2.05) is 0 Å². The molecule has 2 unspecified atom stereocenters. The Balaban J connectivity index is 1.47. The Morgan fingerprint density at radius 2 is 1.89 bits per heavy atom. The third-order valence-electron chi connectivity index (χ3n) is 4.72. The monoisotopic (exact) mass is 253 g/mol. The zero-order valence-corrected chi connectivity index (χ0v) is 11.4. The van der Waals surface area contributed by atoms with E-state index in [1.54, 1.807) is 0 Å². The third-order valence-corrected chi connectivity index (χ3v) is 4.72. The van der Waals surface area contributed by atoms with Gasteiger partial charge >= 0.3 is 0 Å². The minimum atomic E-state index is 0.394. The van der Waals surface area contributed by atoms with E-state index in [0.29, 0.717) is 12.1 Å². The second-order valence-electron chi connectivity index (χ2n) is 6.13. The molecule has 2 aliphatic heterocycles. The van der Waals surface area contributed by atoms with Crippen LogP contribution in [0.5, 0.6) is 0 Å². The van der Waals surface area contributed by atoms with Crippen LogP contribution < -0.4 is 5.73 Å². The molecule has 0 amide bonds. The van der Waals surface area contributed by atoms with E-state index < -0.39 is 0 Å². The summed E-state index contributed by atoms with van der Waals surface area (Å²) in [5.74, 6) is 1.01. The SMILES string of the molecule is NCC(C1CCCO1)N1CCN(CC2CC2)CC1. The highest BCUT2D eigenvalue weighted by atomic mass is 16.5. The molecule has 2 heterocycles. The van der Waals surface area contributed by atoms with Gasteiger partial charge in [-0.2, -0.15) is 0 Å². The molecular weight excluding hydrogens is 226 g/mol. The number of piperazine rings is 1. The molecule has 0 bridgehead atoms. The predicted molar refractivity (Wildman–Crippen MR) is 72.6 cm³/mol. The predicted octanol–water partition coefficient (Wildman–Crippen LogP) is 0.520. The largest absolute Gasteiger partial charge is 0.377 e. The summed E-state index contributed by atoms with van der Waals surface area (Å²) in [6.45, 7) is 7.81. The van der Waals surface area contributed by atoms with E-state index in [0.717, 1.165) is 19.1 Å². The maximum Gasteiger partial charge on any atom is 0.0743 e. The maximum atomic E-state index is 5.97. The molecule has 104 valence electrons. The first-order valence-electron chi connectivity index (χ1n) is 7.65. The van der Waals surface area contributed by atoms with E-state index in [-0.39, 0.29) is 0 Å². The number of hydrogen-bond acceptors (Lipinski definition) is 4. The van der Waals surface area contributed by atoms with Crippen LogP contribution in [0.2, 0.25) is 0 Å². The van der Waals surface area contributed by atoms with Gasteiger partial charge in [0.05, 0.1) is 6.10 Å². The Hall–Kier alpha value is -0.160. The topological polar surface area (TPSA) is 41.7 Å². The van der Waals surface area contributed by atoms with Gasteiger partial charge in [-0.3, -0.25) is 4.90 Å². The van der Waals surface area contributed by atoms with E-state index in [1.165, 1.54) is 58.4 Å². The first kappa shape index (κ1) is 12.9. The molecule has 0 aromatic carbocycles. The fraction of sp³-hybridized carbons (Fsp3) is 1.00. The van der Waals surface area contributed by atoms with Crippen molar-refractivity contribution in [2.75, 3.05) is 45.9 Å². The molecule has 4 nitrogen and oxygen atoms in total. The Kier molecular flexibility index (Phi) is 4.19. The van der Waals surface area contributed by atoms with E-state index in [9.17, 15) is 0 Å². The van der Waals surface area contributed by atoms with Crippen molar-refractivity contribution in [3.05, 3.63) is 0 Å². The van der Waals surface area contributed by atoms with Crippen LogP contribution in [0.4, 0.5) is 0 Å². The van der Waals surface area contributed by atoms with Gasteiger partial charge in [-0.1, -0.05) is 0 Å². The molecule has 0 spiro atoms. The van der Waals surface area contributed by atoms with Crippen LogP contribution in [0.15, 0.2) is 0 Å². The molecule has 0 radical (unpaired) electrons. The molecular formula is C14H27N3O. The van der Waals surface area contributed by atoms with Gasteiger partial charge < -0.3 is 15.4 Å². The molecule has 1 aliphatic carbocycles. The normalized spacial score (nSPS) is 32.8. The lowest BCUT2D eigenvalue weighted by atomic mass is 10.1. The van der Waals surface area contributed by atoms with Crippen LogP contribution >= 0.6 is 0 Å². The average molecular weight is 253 g/mol. The minimum Gasteiger partial charge on any atom is -0.377 e. The molecule has 1 saturated carbocycles. The Morgan fingerprint density at radius 1 is 1.11 bits per heavy atom. The van der Waals surface area contributed by atoms with Crippen molar-refractivity contribution in [3.8, 4) is 0 Å². The number of hydrogen-bond donors (Lipinski definition) is 1. The fourth-order valence-electron chi connectivity index (χ4n) is 3.39. The number of nitrogens with zero attached hydrogens (tertiary/aromatic N) is 2. The molecule has 0 aromatic rings. The highest BCUT2D eigenvalue weighted by molar-refractivity contribution is 4.88. The average Bonchev–Trinajstić information content (AvgIpc) is 3.05. The highest BCUT2D eigenvalue weighted by Crippen LogP contribution is 2.30. The van der Waals surface area contributed by atoms with Crippen LogP contribution in [-0.4, -0.2) is 67.8 Å². The summed E-state index contributed by atoms with van der Waals surface area (Å²) in [4.78, 5) is 5.20. The van der Waals surface area contributed by atoms with E-state index in [2.05, 4.69) is 9.80 Å². The Morgan fingerprint density at radius 3 is 2.44 bits per heavy atom. The van der Waals surface area contributed by atoms with Crippen molar-refractivity contribution in [3.63, 3.8) is 0 Å². The summed E-state index contributed by atoms with van der Waals surface area (Å²) in [6.07, 6.45) is 5.72. The number of rotatable bonds is 5. The maximum absolute atomic E-state index is 5.97. The summed E-state index contributed by atoms with van der Waals surface area (Å²) >= 11 is 0. The van der Waals surface area contributed by atoms with E-state index in [4.69, 9.17) is 10.5 Å². The van der Waals surface area contributed by atoms with Crippen LogP contribution in [0.1, 0.15) is 25.7 Å². The van der Waals surface area contributed by atoms with Gasteiger partial charge in [-0.05, 0) is 31.6 Å². The van der Waals surface area contributed by atoms with Gasteiger partial charge in [0, 0.05) is 51.9 Å². The fourth-order valence-corrected chi connectivity index (χ4v) is 3.39. The van der Waals surface area contributed by atoms with Crippen molar-refractivity contribution >= 4 is 0 Å². The van der Waals surface area contributed by atoms with Crippen LogP contribution in [0.25, 0.3) is 0 Å². The second-order valence-corrected chi connectivity index (χ2v) is 6.13. The number of nitrogens with two attached hydrogens (primary N) is 1. The first-order chi connectivity index (χ1) is 8.86. The van der Waals surface area contributed by atoms with Crippen molar-refractivity contribution in [1.82, 2.24) is 9.80 Å². The summed E-state index contributed by atoms with van der Waals surface area (Å²) < 4.78 is 5.83. The van der Waals surface area contributed by atoms with Crippen molar-refractivity contribution in [2.24, 2.45) is 11.7 Å². The minimum absolute atomic E-state index is 0.394. The molecule has 2 N–H and O–H groups in total. The van der Waals surface area contributed by atoms with Gasteiger partial charge in [0.1, 0.15) is 0 Å². The summed E-state index contributed by atoms with van der Waals surface area (Å²) in [5.41, 5.74) is 5.97. The van der Waals surface area contributed by atoms with Gasteiger partial charge in [0.15, 0.2) is 0 Å². The van der Waals surface area contributed by atoms with Crippen molar-refractivity contribution in [1.29, 1.82) is 0 Å². The third kappa shape index (κ3) is 3.05. The first-order valence-corrected chi connectivity index (χ1v) is 7.65. The lowest BCUT2D eigenvalue weighted by Crippen LogP contribution is -2.56. The van der Waals surface area contributed by atoms with Gasteiger partial charge in [0.25, 0.3) is 0 Å². The molecule has 0 aromatic heterocycles. The van der Waals surface area contributed by atoms with Gasteiger partial charge in [-0.15, -0.1) is 0 Å². The molecule has 3 aliphatic rings. The Labute approximate surface area is 110 Å². The second kappa shape index (κ2) is 5.87. The van der Waals surface area contributed by atoms with Crippen molar-refractivity contribution in [2.45, 2.75) is 37.8 Å². The van der Waals surface area contributed by atoms with Gasteiger partial charge in [0.2, 0.25) is 0 Å². The summed E-state index contributed by atoms with van der Waals surface area (Å²) in [5, 5.41) is 0. The molecule has 4 heteroatoms. The summed E-state index contributed by atoms with van der Waals surface area (Å²) in [6, 6.07) is 0.454. The zero-order chi connectivity index (χ0) is 12.4. The Bertz CT molecular complexity index is 256. The molecule has 2 saturated heterocycles. The van der Waals surface area contributed by atoms with Crippen LogP contribution in [-0.2, 0) is 4.74 Å². The molecule has 18 heavy (non-hydrogen) atoms. The zero-order valence-electron chi connectivity index (χ0n) is 11.4. The van der Waals surface area contributed by atoms with Crippen LogP contribution in [0.3, 0.4) is 0 Å². The van der Waals surface area contributed by atoms with Crippen molar-refractivity contribution < 1.29 is 4.74 Å². The lowest BCUT2D eigenvalue weighted by molar-refractivity contribution is 0.00525.